The molecule has 0 spiro atoms. The monoisotopic (exact) mass is 190 g/mol. The molecule has 0 bridgehead atoms. The van der Waals surface area contributed by atoms with Gasteiger partial charge < -0.3 is 0 Å². The SMILES string of the molecule is [NH]S(=O)(=O)c1cccc(Cl)c1. The van der Waals surface area contributed by atoms with Gasteiger partial charge in [0.2, 0.25) is 0 Å². The molecule has 0 unspecified atom stereocenters. The highest BCUT2D eigenvalue weighted by molar-refractivity contribution is 7.88. The van der Waals surface area contributed by atoms with Gasteiger partial charge >= 0.3 is 0 Å². The first-order chi connectivity index (χ1) is 5.00. The highest BCUT2D eigenvalue weighted by atomic mass is 35.5. The Morgan fingerprint density at radius 3 is 2.36 bits per heavy atom. The first-order valence-corrected chi connectivity index (χ1v) is 4.61. The third-order valence-electron chi connectivity index (χ3n) is 1.11. The summed E-state index contributed by atoms with van der Waals surface area (Å²) in [6, 6.07) is 5.61. The summed E-state index contributed by atoms with van der Waals surface area (Å²) in [5, 5.41) is 7.00. The maximum absolute atomic E-state index is 10.6. The van der Waals surface area contributed by atoms with Gasteiger partial charge in [-0.25, -0.2) is 8.42 Å². The van der Waals surface area contributed by atoms with Gasteiger partial charge in [0.1, 0.15) is 0 Å². The van der Waals surface area contributed by atoms with Crippen molar-refractivity contribution in [2.75, 3.05) is 0 Å². The smallest absolute Gasteiger partial charge is 0.206 e. The lowest BCUT2D eigenvalue weighted by Gasteiger charge is -1.95. The lowest BCUT2D eigenvalue weighted by molar-refractivity contribution is 0.596. The van der Waals surface area contributed by atoms with Crippen molar-refractivity contribution in [3.63, 3.8) is 0 Å². The van der Waals surface area contributed by atoms with E-state index in [4.69, 9.17) is 16.7 Å². The van der Waals surface area contributed by atoms with E-state index in [1.165, 1.54) is 18.2 Å². The molecule has 1 rings (SSSR count). The van der Waals surface area contributed by atoms with E-state index in [1.807, 2.05) is 0 Å². The molecule has 11 heavy (non-hydrogen) atoms. The van der Waals surface area contributed by atoms with Crippen LogP contribution in [0, 0.1) is 0 Å². The maximum atomic E-state index is 10.6. The molecular weight excluding hydrogens is 186 g/mol. The zero-order chi connectivity index (χ0) is 8.48. The average molecular weight is 191 g/mol. The molecule has 0 saturated heterocycles. The highest BCUT2D eigenvalue weighted by Crippen LogP contribution is 2.13. The third-order valence-corrected chi connectivity index (χ3v) is 2.22. The minimum absolute atomic E-state index is 0.0787. The molecule has 3 nitrogen and oxygen atoms in total. The molecular formula is C6H5ClNO2S. The minimum atomic E-state index is -3.86. The first kappa shape index (κ1) is 8.52. The van der Waals surface area contributed by atoms with Crippen molar-refractivity contribution in [1.82, 2.24) is 5.14 Å². The Hall–Kier alpha value is -0.580. The molecule has 1 radical (unpaired) electrons. The molecule has 1 aromatic carbocycles. The summed E-state index contributed by atoms with van der Waals surface area (Å²) >= 11 is 5.50. The zero-order valence-corrected chi connectivity index (χ0v) is 6.98. The molecule has 1 N–H and O–H groups in total. The molecule has 0 aliphatic carbocycles. The van der Waals surface area contributed by atoms with Crippen molar-refractivity contribution in [2.24, 2.45) is 0 Å². The summed E-state index contributed by atoms with van der Waals surface area (Å²) < 4.78 is 21.2. The molecule has 0 atom stereocenters. The average Bonchev–Trinajstić information content (AvgIpc) is 1.86. The number of rotatable bonds is 1. The summed E-state index contributed by atoms with van der Waals surface area (Å²) in [6.07, 6.45) is 0. The Balaban J connectivity index is 3.28. The standard InChI is InChI=1S/C6H5ClNO2S/c7-5-2-1-3-6(4-5)11(8,9)10/h1-4,8H. The van der Waals surface area contributed by atoms with Crippen molar-refractivity contribution >= 4 is 21.6 Å². The number of hydrogen-bond donors (Lipinski definition) is 0. The number of nitrogens with one attached hydrogen (secondary N) is 1. The van der Waals surface area contributed by atoms with Crippen LogP contribution in [0.4, 0.5) is 0 Å². The van der Waals surface area contributed by atoms with E-state index >= 15 is 0 Å². The van der Waals surface area contributed by atoms with Gasteiger partial charge in [-0.15, -0.1) is 5.14 Å². The van der Waals surface area contributed by atoms with Crippen LogP contribution in [-0.2, 0) is 10.0 Å². The van der Waals surface area contributed by atoms with Crippen LogP contribution in [0.1, 0.15) is 0 Å². The minimum Gasteiger partial charge on any atom is -0.206 e. The maximum Gasteiger partial charge on any atom is 0.254 e. The van der Waals surface area contributed by atoms with Gasteiger partial charge in [-0.05, 0) is 18.2 Å². The van der Waals surface area contributed by atoms with Crippen molar-refractivity contribution in [1.29, 1.82) is 0 Å². The molecule has 0 heterocycles. The van der Waals surface area contributed by atoms with E-state index in [-0.39, 0.29) is 4.90 Å². The van der Waals surface area contributed by atoms with E-state index in [1.54, 1.807) is 6.07 Å². The van der Waals surface area contributed by atoms with Crippen molar-refractivity contribution < 1.29 is 8.42 Å². The summed E-state index contributed by atoms with van der Waals surface area (Å²) in [4.78, 5) is -0.0787. The fraction of sp³-hybridized carbons (Fsp3) is 0. The summed E-state index contributed by atoms with van der Waals surface area (Å²) in [6.45, 7) is 0. The van der Waals surface area contributed by atoms with E-state index in [9.17, 15) is 8.42 Å². The number of sulfonamides is 1. The van der Waals surface area contributed by atoms with Crippen molar-refractivity contribution in [2.45, 2.75) is 4.90 Å². The predicted molar refractivity (Wildman–Crippen MR) is 41.7 cm³/mol. The Morgan fingerprint density at radius 1 is 1.36 bits per heavy atom. The summed E-state index contributed by atoms with van der Waals surface area (Å²) in [5.74, 6) is 0. The fourth-order valence-corrected chi connectivity index (χ4v) is 1.43. The van der Waals surface area contributed by atoms with E-state index in [2.05, 4.69) is 0 Å². The molecule has 0 saturated carbocycles. The van der Waals surface area contributed by atoms with Gasteiger partial charge in [-0.2, -0.15) is 0 Å². The van der Waals surface area contributed by atoms with Crippen LogP contribution < -0.4 is 5.14 Å². The van der Waals surface area contributed by atoms with Gasteiger partial charge in [0, 0.05) is 5.02 Å². The van der Waals surface area contributed by atoms with Gasteiger partial charge in [-0.3, -0.25) is 0 Å². The first-order valence-electron chi connectivity index (χ1n) is 2.75. The fourth-order valence-electron chi connectivity index (χ4n) is 0.634. The highest BCUT2D eigenvalue weighted by Gasteiger charge is 2.07. The molecule has 0 aliphatic rings. The van der Waals surface area contributed by atoms with Crippen molar-refractivity contribution in [3.8, 4) is 0 Å². The van der Waals surface area contributed by atoms with Crippen LogP contribution in [0.2, 0.25) is 5.02 Å². The van der Waals surface area contributed by atoms with Crippen molar-refractivity contribution in [3.05, 3.63) is 29.3 Å². The quantitative estimate of drug-likeness (QED) is 0.671. The van der Waals surface area contributed by atoms with Crippen LogP contribution in [0.15, 0.2) is 29.2 Å². The van der Waals surface area contributed by atoms with Crippen LogP contribution in [0.5, 0.6) is 0 Å². The van der Waals surface area contributed by atoms with E-state index < -0.39 is 10.0 Å². The van der Waals surface area contributed by atoms with Gasteiger partial charge in [0.15, 0.2) is 0 Å². The Bertz CT molecular complexity index is 361. The Morgan fingerprint density at radius 2 is 2.00 bits per heavy atom. The van der Waals surface area contributed by atoms with Crippen LogP contribution in [-0.4, -0.2) is 8.42 Å². The van der Waals surface area contributed by atoms with Crippen LogP contribution in [0.3, 0.4) is 0 Å². The summed E-state index contributed by atoms with van der Waals surface area (Å²) in [5.41, 5.74) is 0. The van der Waals surface area contributed by atoms with E-state index in [0.29, 0.717) is 5.02 Å². The Labute approximate surface area is 69.8 Å². The van der Waals surface area contributed by atoms with Gasteiger partial charge in [0.05, 0.1) is 4.90 Å². The van der Waals surface area contributed by atoms with Gasteiger partial charge in [0.25, 0.3) is 10.0 Å². The topological polar surface area (TPSA) is 57.9 Å². The molecule has 0 fully saturated rings. The zero-order valence-electron chi connectivity index (χ0n) is 5.41. The Kier molecular flexibility index (Phi) is 2.17. The second kappa shape index (κ2) is 2.81. The second-order valence-electron chi connectivity index (χ2n) is 1.96. The molecule has 5 heteroatoms. The largest absolute Gasteiger partial charge is 0.254 e. The summed E-state index contributed by atoms with van der Waals surface area (Å²) in [7, 11) is -3.86. The van der Waals surface area contributed by atoms with Crippen LogP contribution >= 0.6 is 11.6 Å². The third kappa shape index (κ3) is 2.18. The molecule has 1 aromatic rings. The molecule has 0 aromatic heterocycles. The second-order valence-corrected chi connectivity index (χ2v) is 3.88. The lowest BCUT2D eigenvalue weighted by Crippen LogP contribution is -1.99. The lowest BCUT2D eigenvalue weighted by atomic mass is 10.4. The normalized spacial score (nSPS) is 11.5. The predicted octanol–water partition coefficient (Wildman–Crippen LogP) is 1.31. The van der Waals surface area contributed by atoms with E-state index in [0.717, 1.165) is 0 Å². The molecule has 59 valence electrons. The van der Waals surface area contributed by atoms with Crippen LogP contribution in [0.25, 0.3) is 0 Å². The number of benzene rings is 1. The molecule has 0 aliphatic heterocycles. The van der Waals surface area contributed by atoms with Gasteiger partial charge in [-0.1, -0.05) is 17.7 Å². The number of halogens is 1. The molecule has 0 amide bonds. The number of hydrogen-bond acceptors (Lipinski definition) is 2.